The first-order chi connectivity index (χ1) is 7.61. The predicted molar refractivity (Wildman–Crippen MR) is 65.9 cm³/mol. The third-order valence-corrected chi connectivity index (χ3v) is 2.96. The van der Waals surface area contributed by atoms with Crippen LogP contribution in [-0.4, -0.2) is 15.0 Å². The average Bonchev–Trinajstić information content (AvgIpc) is 2.64. The Morgan fingerprint density at radius 1 is 1.12 bits per heavy atom. The maximum atomic E-state index is 6.03. The second kappa shape index (κ2) is 4.80. The van der Waals surface area contributed by atoms with E-state index in [-0.39, 0.29) is 5.88 Å². The summed E-state index contributed by atoms with van der Waals surface area (Å²) in [5.41, 5.74) is 1.18. The Hall–Kier alpha value is -0.480. The standard InChI is InChI=1S/C9H5Cl4N3/c10-3-6-4-16(15-14-6)9-7(12)1-5(11)2-8(9)13/h1-2,4H,3H2. The van der Waals surface area contributed by atoms with E-state index in [2.05, 4.69) is 10.3 Å². The van der Waals surface area contributed by atoms with Crippen molar-refractivity contribution in [3.8, 4) is 5.69 Å². The van der Waals surface area contributed by atoms with Crippen molar-refractivity contribution in [1.82, 2.24) is 15.0 Å². The van der Waals surface area contributed by atoms with Crippen molar-refractivity contribution in [1.29, 1.82) is 0 Å². The molecular weight excluding hydrogens is 292 g/mol. The zero-order valence-electron chi connectivity index (χ0n) is 7.79. The molecule has 0 amide bonds. The zero-order valence-corrected chi connectivity index (χ0v) is 10.8. The average molecular weight is 297 g/mol. The van der Waals surface area contributed by atoms with Gasteiger partial charge in [-0.05, 0) is 12.1 Å². The SMILES string of the molecule is ClCc1cn(-c2c(Cl)cc(Cl)cc2Cl)nn1. The molecule has 0 radical (unpaired) electrons. The minimum Gasteiger partial charge on any atom is -0.217 e. The van der Waals surface area contributed by atoms with Gasteiger partial charge in [0.05, 0.1) is 27.8 Å². The second-order valence-electron chi connectivity index (χ2n) is 3.01. The number of halogens is 4. The van der Waals surface area contributed by atoms with E-state index in [1.807, 2.05) is 0 Å². The smallest absolute Gasteiger partial charge is 0.104 e. The summed E-state index contributed by atoms with van der Waals surface area (Å²) >= 11 is 23.5. The molecule has 7 heteroatoms. The van der Waals surface area contributed by atoms with E-state index < -0.39 is 0 Å². The predicted octanol–water partition coefficient (Wildman–Crippen LogP) is 3.97. The zero-order chi connectivity index (χ0) is 11.7. The highest BCUT2D eigenvalue weighted by Crippen LogP contribution is 2.31. The van der Waals surface area contributed by atoms with Crippen LogP contribution >= 0.6 is 46.4 Å². The quantitative estimate of drug-likeness (QED) is 0.785. The van der Waals surface area contributed by atoms with Gasteiger partial charge in [-0.25, -0.2) is 4.68 Å². The van der Waals surface area contributed by atoms with E-state index in [1.54, 1.807) is 18.3 Å². The lowest BCUT2D eigenvalue weighted by Gasteiger charge is -2.06. The van der Waals surface area contributed by atoms with Gasteiger partial charge in [0.2, 0.25) is 0 Å². The lowest BCUT2D eigenvalue weighted by Crippen LogP contribution is -1.97. The van der Waals surface area contributed by atoms with Gasteiger partial charge in [-0.3, -0.25) is 0 Å². The molecule has 0 bridgehead atoms. The van der Waals surface area contributed by atoms with Crippen LogP contribution in [0.15, 0.2) is 18.3 Å². The van der Waals surface area contributed by atoms with Gasteiger partial charge >= 0.3 is 0 Å². The first kappa shape index (κ1) is 12.0. The highest BCUT2D eigenvalue weighted by molar-refractivity contribution is 6.40. The molecule has 2 aromatic rings. The molecule has 0 aliphatic heterocycles. The molecule has 0 fully saturated rings. The Morgan fingerprint density at radius 3 is 2.25 bits per heavy atom. The van der Waals surface area contributed by atoms with Gasteiger partial charge in [-0.1, -0.05) is 40.0 Å². The Balaban J connectivity index is 2.55. The first-order valence-corrected chi connectivity index (χ1v) is 5.90. The lowest BCUT2D eigenvalue weighted by atomic mass is 10.3. The Kier molecular flexibility index (Phi) is 3.60. The molecule has 84 valence electrons. The largest absolute Gasteiger partial charge is 0.217 e. The Bertz CT molecular complexity index is 500. The van der Waals surface area contributed by atoms with Gasteiger partial charge in [0.25, 0.3) is 0 Å². The minimum absolute atomic E-state index is 0.281. The molecule has 1 aromatic carbocycles. The van der Waals surface area contributed by atoms with Gasteiger partial charge in [-0.2, -0.15) is 0 Å². The van der Waals surface area contributed by atoms with E-state index in [0.717, 1.165) is 0 Å². The molecule has 3 nitrogen and oxygen atoms in total. The number of nitrogens with zero attached hydrogens (tertiary/aromatic N) is 3. The van der Waals surface area contributed by atoms with Crippen molar-refractivity contribution >= 4 is 46.4 Å². The van der Waals surface area contributed by atoms with Crippen LogP contribution in [0, 0.1) is 0 Å². The molecule has 1 aromatic heterocycles. The number of aromatic nitrogens is 3. The molecule has 0 N–H and O–H groups in total. The minimum atomic E-state index is 0.281. The molecule has 1 heterocycles. The fourth-order valence-corrected chi connectivity index (χ4v) is 2.33. The summed E-state index contributed by atoms with van der Waals surface area (Å²) in [5, 5.41) is 9.01. The van der Waals surface area contributed by atoms with Crippen molar-refractivity contribution in [2.45, 2.75) is 5.88 Å². The van der Waals surface area contributed by atoms with Gasteiger partial charge in [-0.15, -0.1) is 16.7 Å². The molecule has 0 unspecified atom stereocenters. The van der Waals surface area contributed by atoms with Crippen LogP contribution in [0.1, 0.15) is 5.69 Å². The van der Waals surface area contributed by atoms with E-state index in [0.29, 0.717) is 26.4 Å². The van der Waals surface area contributed by atoms with Crippen LogP contribution in [0.2, 0.25) is 15.1 Å². The van der Waals surface area contributed by atoms with Crippen molar-refractivity contribution < 1.29 is 0 Å². The molecule has 16 heavy (non-hydrogen) atoms. The number of benzene rings is 1. The molecule has 0 aliphatic carbocycles. The fourth-order valence-electron chi connectivity index (χ4n) is 1.22. The Morgan fingerprint density at radius 2 is 1.75 bits per heavy atom. The summed E-state index contributed by atoms with van der Waals surface area (Å²) in [6.07, 6.45) is 1.66. The normalized spacial score (nSPS) is 10.8. The van der Waals surface area contributed by atoms with E-state index in [1.165, 1.54) is 4.68 Å². The van der Waals surface area contributed by atoms with Crippen molar-refractivity contribution in [3.05, 3.63) is 39.1 Å². The first-order valence-electron chi connectivity index (χ1n) is 4.24. The lowest BCUT2D eigenvalue weighted by molar-refractivity contribution is 0.800. The molecular formula is C9H5Cl4N3. The summed E-state index contributed by atoms with van der Waals surface area (Å²) in [4.78, 5) is 0. The molecule has 0 saturated heterocycles. The maximum Gasteiger partial charge on any atom is 0.104 e. The van der Waals surface area contributed by atoms with E-state index in [4.69, 9.17) is 46.4 Å². The van der Waals surface area contributed by atoms with Gasteiger partial charge < -0.3 is 0 Å². The van der Waals surface area contributed by atoms with E-state index >= 15 is 0 Å². The molecule has 2 rings (SSSR count). The van der Waals surface area contributed by atoms with Crippen LogP contribution in [0.25, 0.3) is 5.69 Å². The van der Waals surface area contributed by atoms with Gasteiger partial charge in [0.15, 0.2) is 0 Å². The van der Waals surface area contributed by atoms with Crippen LogP contribution < -0.4 is 0 Å². The third kappa shape index (κ3) is 2.28. The second-order valence-corrected chi connectivity index (χ2v) is 4.52. The van der Waals surface area contributed by atoms with Crippen LogP contribution in [0.3, 0.4) is 0 Å². The summed E-state index contributed by atoms with van der Waals surface area (Å²) in [5.74, 6) is 0.281. The summed E-state index contributed by atoms with van der Waals surface area (Å²) in [6, 6.07) is 3.18. The van der Waals surface area contributed by atoms with Crippen molar-refractivity contribution in [2.75, 3.05) is 0 Å². The van der Waals surface area contributed by atoms with Crippen molar-refractivity contribution in [2.24, 2.45) is 0 Å². The van der Waals surface area contributed by atoms with E-state index in [9.17, 15) is 0 Å². The van der Waals surface area contributed by atoms with Gasteiger partial charge in [0.1, 0.15) is 5.69 Å². The molecule has 0 aliphatic rings. The van der Waals surface area contributed by atoms with Crippen LogP contribution in [0.4, 0.5) is 0 Å². The highest BCUT2D eigenvalue weighted by atomic mass is 35.5. The number of hydrogen-bond acceptors (Lipinski definition) is 2. The number of hydrogen-bond donors (Lipinski definition) is 0. The monoisotopic (exact) mass is 295 g/mol. The molecule has 0 atom stereocenters. The Labute approximate surface area is 112 Å². The molecule has 0 spiro atoms. The topological polar surface area (TPSA) is 30.7 Å². The van der Waals surface area contributed by atoms with Crippen LogP contribution in [0.5, 0.6) is 0 Å². The highest BCUT2D eigenvalue weighted by Gasteiger charge is 2.11. The fraction of sp³-hybridized carbons (Fsp3) is 0.111. The summed E-state index contributed by atoms with van der Waals surface area (Å²) in [6.45, 7) is 0. The summed E-state index contributed by atoms with van der Waals surface area (Å²) in [7, 11) is 0. The third-order valence-electron chi connectivity index (χ3n) is 1.89. The summed E-state index contributed by atoms with van der Waals surface area (Å²) < 4.78 is 1.47. The number of alkyl halides is 1. The number of rotatable bonds is 2. The van der Waals surface area contributed by atoms with Crippen molar-refractivity contribution in [3.63, 3.8) is 0 Å². The maximum absolute atomic E-state index is 6.03. The molecule has 0 saturated carbocycles. The van der Waals surface area contributed by atoms with Gasteiger partial charge in [0, 0.05) is 5.02 Å². The van der Waals surface area contributed by atoms with Crippen LogP contribution in [-0.2, 0) is 5.88 Å².